The third kappa shape index (κ3) is 3.86. The molecule has 1 N–H and O–H groups in total. The first-order chi connectivity index (χ1) is 8.25. The second-order valence-electron chi connectivity index (χ2n) is 3.91. The third-order valence-electron chi connectivity index (χ3n) is 2.50. The Morgan fingerprint density at radius 3 is 2.56 bits per heavy atom. The van der Waals surface area contributed by atoms with Crippen LogP contribution in [0.3, 0.4) is 0 Å². The maximum Gasteiger partial charge on any atom is 0.253 e. The summed E-state index contributed by atoms with van der Waals surface area (Å²) in [5, 5.41) is 2.86. The Hall–Kier alpha value is -1.87. The molecule has 0 aliphatic rings. The first-order valence-corrected chi connectivity index (χ1v) is 5.49. The van der Waals surface area contributed by atoms with Crippen LogP contribution < -0.4 is 5.32 Å². The minimum Gasteiger partial charge on any atom is -0.348 e. The number of halogens is 1. The molecule has 0 bridgehead atoms. The van der Waals surface area contributed by atoms with Gasteiger partial charge in [0.25, 0.3) is 5.91 Å². The van der Waals surface area contributed by atoms with E-state index >= 15 is 0 Å². The van der Waals surface area contributed by atoms with Gasteiger partial charge >= 0.3 is 0 Å². The van der Waals surface area contributed by atoms with E-state index in [9.17, 15) is 4.79 Å². The molecule has 4 heteroatoms. The zero-order valence-electron chi connectivity index (χ0n) is 10.1. The lowest BCUT2D eigenvalue weighted by molar-refractivity contribution is 0.0950. The number of nitrogens with zero attached hydrogens (tertiary/aromatic N) is 1. The molecule has 1 heterocycles. The zero-order chi connectivity index (χ0) is 12.1. The second kappa shape index (κ2) is 6.77. The fourth-order valence-corrected chi connectivity index (χ4v) is 1.49. The molecule has 1 amide bonds. The molecule has 0 saturated carbocycles. The number of nitrogens with one attached hydrogen (secondary N) is 1. The monoisotopic (exact) mass is 262 g/mol. The molecule has 0 unspecified atom stereocenters. The topological polar surface area (TPSA) is 42.0 Å². The second-order valence-corrected chi connectivity index (χ2v) is 3.91. The summed E-state index contributed by atoms with van der Waals surface area (Å²) in [6.45, 7) is 2.58. The van der Waals surface area contributed by atoms with Crippen LogP contribution in [0.2, 0.25) is 0 Å². The van der Waals surface area contributed by atoms with Crippen LogP contribution in [0.25, 0.3) is 0 Å². The van der Waals surface area contributed by atoms with Crippen LogP contribution in [-0.4, -0.2) is 10.9 Å². The number of amides is 1. The van der Waals surface area contributed by atoms with Gasteiger partial charge in [0, 0.05) is 18.9 Å². The largest absolute Gasteiger partial charge is 0.348 e. The van der Waals surface area contributed by atoms with Crippen LogP contribution >= 0.6 is 12.4 Å². The first kappa shape index (κ1) is 14.2. The van der Waals surface area contributed by atoms with E-state index in [0.29, 0.717) is 12.1 Å². The van der Waals surface area contributed by atoms with Gasteiger partial charge in [0.1, 0.15) is 0 Å². The smallest absolute Gasteiger partial charge is 0.253 e. The van der Waals surface area contributed by atoms with Gasteiger partial charge in [-0.15, -0.1) is 12.4 Å². The Morgan fingerprint density at radius 2 is 1.94 bits per heavy atom. The fraction of sp³-hybridized carbons (Fsp3) is 0.143. The number of aryl methyl sites for hydroxylation is 1. The Kier molecular flexibility index (Phi) is 5.33. The molecular weight excluding hydrogens is 248 g/mol. The Balaban J connectivity index is 0.00000162. The van der Waals surface area contributed by atoms with Gasteiger partial charge in [-0.3, -0.25) is 9.78 Å². The maximum absolute atomic E-state index is 11.7. The summed E-state index contributed by atoms with van der Waals surface area (Å²) in [6.07, 6.45) is 3.21. The summed E-state index contributed by atoms with van der Waals surface area (Å²) in [7, 11) is 0. The van der Waals surface area contributed by atoms with Gasteiger partial charge in [0.05, 0.1) is 5.56 Å². The number of hydrogen-bond acceptors (Lipinski definition) is 2. The summed E-state index contributed by atoms with van der Waals surface area (Å²) in [5.41, 5.74) is 2.89. The lowest BCUT2D eigenvalue weighted by Gasteiger charge is -2.05. The molecule has 3 nitrogen and oxygen atoms in total. The molecule has 0 radical (unpaired) electrons. The summed E-state index contributed by atoms with van der Waals surface area (Å²) < 4.78 is 0. The van der Waals surface area contributed by atoms with Crippen molar-refractivity contribution < 1.29 is 4.79 Å². The van der Waals surface area contributed by atoms with Gasteiger partial charge in [0.15, 0.2) is 0 Å². The van der Waals surface area contributed by atoms with E-state index in [1.54, 1.807) is 24.5 Å². The highest BCUT2D eigenvalue weighted by Crippen LogP contribution is 2.03. The number of carbonyl (C=O) groups is 1. The summed E-state index contributed by atoms with van der Waals surface area (Å²) in [6, 6.07) is 11.6. The van der Waals surface area contributed by atoms with Crippen molar-refractivity contribution in [3.63, 3.8) is 0 Å². The number of rotatable bonds is 3. The van der Waals surface area contributed by atoms with Gasteiger partial charge in [-0.2, -0.15) is 0 Å². The van der Waals surface area contributed by atoms with Crippen LogP contribution in [0.4, 0.5) is 0 Å². The fourth-order valence-electron chi connectivity index (χ4n) is 1.49. The van der Waals surface area contributed by atoms with Crippen molar-refractivity contribution in [1.82, 2.24) is 10.3 Å². The minimum absolute atomic E-state index is 0. The third-order valence-corrected chi connectivity index (χ3v) is 2.50. The molecule has 94 valence electrons. The van der Waals surface area contributed by atoms with Crippen molar-refractivity contribution in [3.8, 4) is 0 Å². The molecule has 0 fully saturated rings. The van der Waals surface area contributed by atoms with Crippen LogP contribution in [0.15, 0.2) is 48.8 Å². The van der Waals surface area contributed by atoms with Gasteiger partial charge in [-0.05, 0) is 24.6 Å². The average molecular weight is 263 g/mol. The van der Waals surface area contributed by atoms with E-state index in [1.807, 2.05) is 31.2 Å². The van der Waals surface area contributed by atoms with Crippen molar-refractivity contribution in [2.75, 3.05) is 0 Å². The molecule has 1 aromatic heterocycles. The molecule has 18 heavy (non-hydrogen) atoms. The van der Waals surface area contributed by atoms with Gasteiger partial charge in [0.2, 0.25) is 0 Å². The molecule has 0 atom stereocenters. The summed E-state index contributed by atoms with van der Waals surface area (Å²) >= 11 is 0. The van der Waals surface area contributed by atoms with Crippen LogP contribution in [0.1, 0.15) is 21.5 Å². The number of hydrogen-bond donors (Lipinski definition) is 1. The number of pyridine rings is 1. The van der Waals surface area contributed by atoms with Crippen LogP contribution in [0, 0.1) is 6.92 Å². The highest BCUT2D eigenvalue weighted by Gasteiger charge is 2.03. The lowest BCUT2D eigenvalue weighted by atomic mass is 10.1. The summed E-state index contributed by atoms with van der Waals surface area (Å²) in [4.78, 5) is 15.6. The van der Waals surface area contributed by atoms with Crippen molar-refractivity contribution in [3.05, 3.63) is 65.5 Å². The van der Waals surface area contributed by atoms with E-state index in [1.165, 1.54) is 5.56 Å². The lowest BCUT2D eigenvalue weighted by Crippen LogP contribution is -2.22. The van der Waals surface area contributed by atoms with Crippen molar-refractivity contribution >= 4 is 18.3 Å². The number of aromatic nitrogens is 1. The van der Waals surface area contributed by atoms with Gasteiger partial charge in [-0.25, -0.2) is 0 Å². The summed E-state index contributed by atoms with van der Waals surface area (Å²) in [5.74, 6) is -0.0984. The highest BCUT2D eigenvalue weighted by atomic mass is 35.5. The molecule has 2 aromatic rings. The van der Waals surface area contributed by atoms with E-state index < -0.39 is 0 Å². The van der Waals surface area contributed by atoms with E-state index in [-0.39, 0.29) is 18.3 Å². The normalized spacial score (nSPS) is 9.39. The quantitative estimate of drug-likeness (QED) is 0.924. The molecule has 2 rings (SSSR count). The number of carbonyl (C=O) groups excluding carboxylic acids is 1. The van der Waals surface area contributed by atoms with Crippen molar-refractivity contribution in [1.29, 1.82) is 0 Å². The molecule has 0 spiro atoms. The first-order valence-electron chi connectivity index (χ1n) is 5.49. The standard InChI is InChI=1S/C14H14N2O.ClH/c1-11-4-6-12(7-5-11)9-16-14(17)13-3-2-8-15-10-13;/h2-8,10H,9H2,1H3,(H,16,17);1H. The zero-order valence-corrected chi connectivity index (χ0v) is 10.9. The van der Waals surface area contributed by atoms with Gasteiger partial charge < -0.3 is 5.32 Å². The molecular formula is C14H15ClN2O. The minimum atomic E-state index is -0.0984. The van der Waals surface area contributed by atoms with Crippen molar-refractivity contribution in [2.24, 2.45) is 0 Å². The number of benzene rings is 1. The van der Waals surface area contributed by atoms with E-state index in [2.05, 4.69) is 10.3 Å². The molecule has 1 aromatic carbocycles. The highest BCUT2D eigenvalue weighted by molar-refractivity contribution is 5.93. The van der Waals surface area contributed by atoms with E-state index in [0.717, 1.165) is 5.56 Å². The molecule has 0 aliphatic heterocycles. The van der Waals surface area contributed by atoms with Crippen LogP contribution in [-0.2, 0) is 6.54 Å². The molecule has 0 saturated heterocycles. The predicted octanol–water partition coefficient (Wildman–Crippen LogP) is 2.74. The Morgan fingerprint density at radius 1 is 1.22 bits per heavy atom. The van der Waals surface area contributed by atoms with E-state index in [4.69, 9.17) is 0 Å². The molecule has 0 aliphatic carbocycles. The Labute approximate surface area is 113 Å². The average Bonchev–Trinajstić information content (AvgIpc) is 2.39. The SMILES string of the molecule is Cc1ccc(CNC(=O)c2cccnc2)cc1.Cl. The van der Waals surface area contributed by atoms with Crippen LogP contribution in [0.5, 0.6) is 0 Å². The van der Waals surface area contributed by atoms with Gasteiger partial charge in [-0.1, -0.05) is 29.8 Å². The van der Waals surface area contributed by atoms with Crippen molar-refractivity contribution in [2.45, 2.75) is 13.5 Å². The maximum atomic E-state index is 11.7. The Bertz CT molecular complexity index is 497. The predicted molar refractivity (Wildman–Crippen MR) is 73.8 cm³/mol.